The molecule has 1 fully saturated rings. The van der Waals surface area contributed by atoms with Crippen LogP contribution in [0.25, 0.3) is 0 Å². The molecule has 1 saturated heterocycles. The zero-order valence-corrected chi connectivity index (χ0v) is 11.6. The Kier molecular flexibility index (Phi) is 4.24. The Morgan fingerprint density at radius 3 is 2.80 bits per heavy atom. The zero-order valence-electron chi connectivity index (χ0n) is 11.6. The van der Waals surface area contributed by atoms with E-state index in [1.807, 2.05) is 24.0 Å². The lowest BCUT2D eigenvalue weighted by Crippen LogP contribution is -2.33. The highest BCUT2D eigenvalue weighted by Crippen LogP contribution is 2.22. The van der Waals surface area contributed by atoms with E-state index >= 15 is 0 Å². The average molecular weight is 276 g/mol. The van der Waals surface area contributed by atoms with Crippen molar-refractivity contribution in [2.75, 3.05) is 30.7 Å². The number of nitrogens with zero attached hydrogens (tertiary/aromatic N) is 1. The van der Waals surface area contributed by atoms with Gasteiger partial charge in [0.15, 0.2) is 0 Å². The molecule has 2 amide bonds. The number of hydrogen-bond acceptors (Lipinski definition) is 4. The van der Waals surface area contributed by atoms with Gasteiger partial charge in [0, 0.05) is 6.54 Å². The standard InChI is InChI=1S/C14H20N4O2/c1-9-3-2-4-11(15)13(9)17-12(19)8-18-6-5-10(7-18)14(16)20/h2-4,10H,5-8,15H2,1H3,(H2,16,20)(H,17,19). The first-order valence-electron chi connectivity index (χ1n) is 6.64. The van der Waals surface area contributed by atoms with E-state index in [2.05, 4.69) is 5.32 Å². The van der Waals surface area contributed by atoms with Gasteiger partial charge in [0.25, 0.3) is 0 Å². The normalized spacial score (nSPS) is 18.9. The molecule has 1 aromatic carbocycles. The summed E-state index contributed by atoms with van der Waals surface area (Å²) in [6.45, 7) is 3.40. The van der Waals surface area contributed by atoms with E-state index in [1.165, 1.54) is 0 Å². The maximum absolute atomic E-state index is 12.0. The van der Waals surface area contributed by atoms with Crippen LogP contribution in [0.15, 0.2) is 18.2 Å². The highest BCUT2D eigenvalue weighted by atomic mass is 16.2. The first-order chi connectivity index (χ1) is 9.47. The third-order valence-electron chi connectivity index (χ3n) is 3.61. The van der Waals surface area contributed by atoms with Crippen molar-refractivity contribution in [2.24, 2.45) is 11.7 Å². The van der Waals surface area contributed by atoms with Gasteiger partial charge in [-0.3, -0.25) is 14.5 Å². The van der Waals surface area contributed by atoms with Gasteiger partial charge in [-0.25, -0.2) is 0 Å². The molecule has 1 aliphatic rings. The summed E-state index contributed by atoms with van der Waals surface area (Å²) < 4.78 is 0. The number of hydrogen-bond donors (Lipinski definition) is 3. The summed E-state index contributed by atoms with van der Waals surface area (Å²) >= 11 is 0. The number of carbonyl (C=O) groups excluding carboxylic acids is 2. The molecule has 6 nitrogen and oxygen atoms in total. The van der Waals surface area contributed by atoms with Gasteiger partial charge in [0.2, 0.25) is 11.8 Å². The van der Waals surface area contributed by atoms with Crippen LogP contribution in [0.2, 0.25) is 0 Å². The third-order valence-corrected chi connectivity index (χ3v) is 3.61. The lowest BCUT2D eigenvalue weighted by Gasteiger charge is -2.16. The summed E-state index contributed by atoms with van der Waals surface area (Å²) in [5.41, 5.74) is 13.3. The Hall–Kier alpha value is -2.08. The smallest absolute Gasteiger partial charge is 0.238 e. The average Bonchev–Trinajstić information content (AvgIpc) is 2.82. The van der Waals surface area contributed by atoms with E-state index in [1.54, 1.807) is 6.07 Å². The van der Waals surface area contributed by atoms with Crippen LogP contribution in [-0.4, -0.2) is 36.3 Å². The fourth-order valence-corrected chi connectivity index (χ4v) is 2.45. The number of para-hydroxylation sites is 1. The van der Waals surface area contributed by atoms with Crippen LogP contribution in [0.4, 0.5) is 11.4 Å². The number of nitrogens with one attached hydrogen (secondary N) is 1. The van der Waals surface area contributed by atoms with E-state index in [0.717, 1.165) is 12.0 Å². The van der Waals surface area contributed by atoms with Crippen LogP contribution in [0.1, 0.15) is 12.0 Å². The predicted octanol–water partition coefficient (Wildman–Crippen LogP) is 0.323. The van der Waals surface area contributed by atoms with Crippen molar-refractivity contribution >= 4 is 23.2 Å². The summed E-state index contributed by atoms with van der Waals surface area (Å²) in [5, 5.41) is 2.83. The SMILES string of the molecule is Cc1cccc(N)c1NC(=O)CN1CCC(C(N)=O)C1. The fourth-order valence-electron chi connectivity index (χ4n) is 2.45. The van der Waals surface area contributed by atoms with E-state index in [-0.39, 0.29) is 24.3 Å². The Bertz CT molecular complexity index is 510. The summed E-state index contributed by atoms with van der Waals surface area (Å²) in [6, 6.07) is 5.49. The molecule has 6 heteroatoms. The molecular weight excluding hydrogens is 256 g/mol. The molecule has 0 saturated carbocycles. The van der Waals surface area contributed by atoms with Crippen molar-refractivity contribution in [2.45, 2.75) is 13.3 Å². The number of nitrogen functional groups attached to an aromatic ring is 1. The first-order valence-corrected chi connectivity index (χ1v) is 6.64. The summed E-state index contributed by atoms with van der Waals surface area (Å²) in [4.78, 5) is 25.0. The van der Waals surface area contributed by atoms with Crippen LogP contribution in [0.3, 0.4) is 0 Å². The molecule has 0 aliphatic carbocycles. The fraction of sp³-hybridized carbons (Fsp3) is 0.429. The summed E-state index contributed by atoms with van der Waals surface area (Å²) in [6.07, 6.45) is 0.717. The Labute approximate surface area is 118 Å². The monoisotopic (exact) mass is 276 g/mol. The maximum Gasteiger partial charge on any atom is 0.238 e. The highest BCUT2D eigenvalue weighted by molar-refractivity contribution is 5.96. The molecule has 2 rings (SSSR count). The van der Waals surface area contributed by atoms with Gasteiger partial charge in [-0.15, -0.1) is 0 Å². The second-order valence-electron chi connectivity index (χ2n) is 5.21. The van der Waals surface area contributed by atoms with Crippen LogP contribution < -0.4 is 16.8 Å². The molecule has 0 spiro atoms. The zero-order chi connectivity index (χ0) is 14.7. The topological polar surface area (TPSA) is 101 Å². The van der Waals surface area contributed by atoms with Crippen molar-refractivity contribution in [3.05, 3.63) is 23.8 Å². The number of rotatable bonds is 4. The van der Waals surface area contributed by atoms with Gasteiger partial charge in [-0.1, -0.05) is 12.1 Å². The quantitative estimate of drug-likeness (QED) is 0.689. The largest absolute Gasteiger partial charge is 0.397 e. The van der Waals surface area contributed by atoms with Crippen molar-refractivity contribution in [1.29, 1.82) is 0 Å². The lowest BCUT2D eigenvalue weighted by molar-refractivity contribution is -0.122. The molecule has 108 valence electrons. The van der Waals surface area contributed by atoms with Gasteiger partial charge in [-0.2, -0.15) is 0 Å². The number of benzene rings is 1. The molecule has 0 aromatic heterocycles. The van der Waals surface area contributed by atoms with Crippen LogP contribution in [0.5, 0.6) is 0 Å². The van der Waals surface area contributed by atoms with Crippen molar-refractivity contribution in [3.8, 4) is 0 Å². The molecule has 1 heterocycles. The number of likely N-dealkylation sites (tertiary alicyclic amines) is 1. The Balaban J connectivity index is 1.92. The summed E-state index contributed by atoms with van der Waals surface area (Å²) in [5.74, 6) is -0.571. The molecule has 0 radical (unpaired) electrons. The second-order valence-corrected chi connectivity index (χ2v) is 5.21. The molecule has 1 aliphatic heterocycles. The first kappa shape index (κ1) is 14.3. The van der Waals surface area contributed by atoms with E-state index in [4.69, 9.17) is 11.5 Å². The Morgan fingerprint density at radius 2 is 2.20 bits per heavy atom. The number of aryl methyl sites for hydroxylation is 1. The van der Waals surface area contributed by atoms with Crippen LogP contribution in [0, 0.1) is 12.8 Å². The van der Waals surface area contributed by atoms with E-state index in [9.17, 15) is 9.59 Å². The van der Waals surface area contributed by atoms with E-state index in [0.29, 0.717) is 24.5 Å². The molecule has 1 aromatic rings. The molecule has 5 N–H and O–H groups in total. The number of carbonyl (C=O) groups is 2. The third kappa shape index (κ3) is 3.27. The van der Waals surface area contributed by atoms with Gasteiger partial charge in [-0.05, 0) is 31.5 Å². The lowest BCUT2D eigenvalue weighted by atomic mass is 10.1. The molecule has 20 heavy (non-hydrogen) atoms. The predicted molar refractivity (Wildman–Crippen MR) is 78.0 cm³/mol. The highest BCUT2D eigenvalue weighted by Gasteiger charge is 2.27. The summed E-state index contributed by atoms with van der Waals surface area (Å²) in [7, 11) is 0. The Morgan fingerprint density at radius 1 is 1.45 bits per heavy atom. The number of amides is 2. The minimum absolute atomic E-state index is 0.129. The van der Waals surface area contributed by atoms with Crippen LogP contribution >= 0.6 is 0 Å². The van der Waals surface area contributed by atoms with Gasteiger partial charge < -0.3 is 16.8 Å². The molecule has 1 unspecified atom stereocenters. The number of anilines is 2. The van der Waals surface area contributed by atoms with Crippen molar-refractivity contribution < 1.29 is 9.59 Å². The molecule has 0 bridgehead atoms. The van der Waals surface area contributed by atoms with Gasteiger partial charge in [0.1, 0.15) is 0 Å². The maximum atomic E-state index is 12.0. The number of nitrogens with two attached hydrogens (primary N) is 2. The van der Waals surface area contributed by atoms with E-state index < -0.39 is 0 Å². The second kappa shape index (κ2) is 5.92. The number of primary amides is 1. The van der Waals surface area contributed by atoms with Gasteiger partial charge in [0.05, 0.1) is 23.8 Å². The van der Waals surface area contributed by atoms with Gasteiger partial charge >= 0.3 is 0 Å². The molecular formula is C14H20N4O2. The van der Waals surface area contributed by atoms with Crippen molar-refractivity contribution in [1.82, 2.24) is 4.90 Å². The molecule has 1 atom stereocenters. The minimum atomic E-state index is -0.295. The van der Waals surface area contributed by atoms with Crippen molar-refractivity contribution in [3.63, 3.8) is 0 Å². The van der Waals surface area contributed by atoms with Crippen LogP contribution in [-0.2, 0) is 9.59 Å². The minimum Gasteiger partial charge on any atom is -0.397 e.